The van der Waals surface area contributed by atoms with E-state index in [1.807, 2.05) is 24.3 Å². The van der Waals surface area contributed by atoms with Gasteiger partial charge in [0.15, 0.2) is 0 Å². The molecule has 4 heteroatoms. The number of quaternary nitrogens is 1. The van der Waals surface area contributed by atoms with E-state index in [9.17, 15) is 9.90 Å². The van der Waals surface area contributed by atoms with E-state index in [0.717, 1.165) is 24.2 Å². The Bertz CT molecular complexity index is 738. The van der Waals surface area contributed by atoms with Crippen LogP contribution in [0.1, 0.15) is 56.8 Å². The van der Waals surface area contributed by atoms with Crippen LogP contribution in [0, 0.1) is 5.92 Å². The minimum Gasteiger partial charge on any atom is -0.491 e. The fourth-order valence-corrected chi connectivity index (χ4v) is 3.26. The summed E-state index contributed by atoms with van der Waals surface area (Å²) in [4.78, 5) is 11.1. The average Bonchev–Trinajstić information content (AvgIpc) is 2.69. The van der Waals surface area contributed by atoms with Gasteiger partial charge in [0.05, 0.1) is 0 Å². The van der Waals surface area contributed by atoms with Gasteiger partial charge in [-0.05, 0) is 55.9 Å². The second-order valence-electron chi connectivity index (χ2n) is 8.41. The molecule has 2 rings (SSSR count). The molecule has 0 aliphatic carbocycles. The van der Waals surface area contributed by atoms with Crippen molar-refractivity contribution in [3.63, 3.8) is 0 Å². The Labute approximate surface area is 175 Å². The number of ketones is 1. The van der Waals surface area contributed by atoms with Crippen molar-refractivity contribution in [2.24, 2.45) is 5.92 Å². The fourth-order valence-electron chi connectivity index (χ4n) is 3.26. The molecule has 0 aromatic heterocycles. The molecule has 2 aromatic rings. The molecule has 29 heavy (non-hydrogen) atoms. The van der Waals surface area contributed by atoms with Gasteiger partial charge in [-0.2, -0.15) is 0 Å². The first-order valence-electron chi connectivity index (χ1n) is 10.6. The summed E-state index contributed by atoms with van der Waals surface area (Å²) in [5, 5.41) is 12.4. The van der Waals surface area contributed by atoms with Gasteiger partial charge in [0.1, 0.15) is 36.8 Å². The third-order valence-electron chi connectivity index (χ3n) is 5.04. The van der Waals surface area contributed by atoms with Crippen LogP contribution in [-0.4, -0.2) is 30.1 Å². The van der Waals surface area contributed by atoms with Crippen LogP contribution in [-0.2, 0) is 17.6 Å². The highest BCUT2D eigenvalue weighted by Crippen LogP contribution is 2.15. The Morgan fingerprint density at radius 1 is 1.00 bits per heavy atom. The summed E-state index contributed by atoms with van der Waals surface area (Å²) in [7, 11) is 0. The smallest absolute Gasteiger partial charge is 0.137 e. The third kappa shape index (κ3) is 8.80. The first kappa shape index (κ1) is 23.1. The second-order valence-corrected chi connectivity index (χ2v) is 8.41. The van der Waals surface area contributed by atoms with Crippen LogP contribution in [0.3, 0.4) is 0 Å². The van der Waals surface area contributed by atoms with Gasteiger partial charge in [0.25, 0.3) is 0 Å². The first-order chi connectivity index (χ1) is 13.8. The maximum atomic E-state index is 11.1. The Balaban J connectivity index is 1.72. The zero-order valence-corrected chi connectivity index (χ0v) is 18.2. The van der Waals surface area contributed by atoms with Crippen molar-refractivity contribution in [3.8, 4) is 5.75 Å². The van der Waals surface area contributed by atoms with Crippen LogP contribution < -0.4 is 10.1 Å². The van der Waals surface area contributed by atoms with Crippen molar-refractivity contribution in [1.82, 2.24) is 0 Å². The van der Waals surface area contributed by atoms with Crippen LogP contribution in [0.25, 0.3) is 0 Å². The van der Waals surface area contributed by atoms with E-state index in [2.05, 4.69) is 50.4 Å². The van der Waals surface area contributed by atoms with Gasteiger partial charge in [-0.3, -0.25) is 0 Å². The Hall–Kier alpha value is -2.17. The Kier molecular flexibility index (Phi) is 9.36. The van der Waals surface area contributed by atoms with E-state index in [-0.39, 0.29) is 12.4 Å². The van der Waals surface area contributed by atoms with Crippen LogP contribution >= 0.6 is 0 Å². The number of aliphatic hydroxyl groups is 1. The summed E-state index contributed by atoms with van der Waals surface area (Å²) in [6, 6.07) is 16.8. The number of hydrogen-bond acceptors (Lipinski definition) is 3. The van der Waals surface area contributed by atoms with E-state index in [1.165, 1.54) is 11.1 Å². The van der Waals surface area contributed by atoms with E-state index in [4.69, 9.17) is 4.74 Å². The van der Waals surface area contributed by atoms with E-state index in [0.29, 0.717) is 24.9 Å². The largest absolute Gasteiger partial charge is 0.491 e. The van der Waals surface area contributed by atoms with Crippen LogP contribution in [0.5, 0.6) is 5.75 Å². The van der Waals surface area contributed by atoms with Crippen molar-refractivity contribution in [1.29, 1.82) is 0 Å². The van der Waals surface area contributed by atoms with Crippen molar-refractivity contribution in [2.45, 2.75) is 59.1 Å². The fraction of sp³-hybridized carbons (Fsp3) is 0.480. The maximum Gasteiger partial charge on any atom is 0.137 e. The van der Waals surface area contributed by atoms with Gasteiger partial charge < -0.3 is 20.0 Å². The zero-order valence-electron chi connectivity index (χ0n) is 18.2. The lowest BCUT2D eigenvalue weighted by Crippen LogP contribution is -2.87. The molecule has 158 valence electrons. The van der Waals surface area contributed by atoms with Crippen molar-refractivity contribution in [2.75, 3.05) is 13.2 Å². The molecule has 4 nitrogen and oxygen atoms in total. The summed E-state index contributed by atoms with van der Waals surface area (Å²) < 4.78 is 5.70. The standard InChI is InChI=1S/C25H35NO3/c1-18(2)15-22-7-11-23(12-8-22)20(4)26-16-24(28)17-29-25-13-9-21(10-14-25)6-5-19(3)27/h7-14,18,20,24,26,28H,5-6,15-17H2,1-4H3/p+1/t20-,24+/m0/s1. The summed E-state index contributed by atoms with van der Waals surface area (Å²) in [5.74, 6) is 1.60. The number of rotatable bonds is 12. The molecule has 0 aliphatic heterocycles. The monoisotopic (exact) mass is 398 g/mol. The zero-order chi connectivity index (χ0) is 21.2. The summed E-state index contributed by atoms with van der Waals surface area (Å²) in [5.41, 5.74) is 3.76. The van der Waals surface area contributed by atoms with Crippen LogP contribution in [0.2, 0.25) is 0 Å². The summed E-state index contributed by atoms with van der Waals surface area (Å²) >= 11 is 0. The van der Waals surface area contributed by atoms with Crippen molar-refractivity contribution >= 4 is 5.78 Å². The Morgan fingerprint density at radius 3 is 2.21 bits per heavy atom. The second kappa shape index (κ2) is 11.7. The lowest BCUT2D eigenvalue weighted by molar-refractivity contribution is -0.698. The molecule has 0 heterocycles. The average molecular weight is 399 g/mol. The number of Topliss-reactive ketones (excluding diaryl/α,β-unsaturated/α-hetero) is 1. The third-order valence-corrected chi connectivity index (χ3v) is 5.04. The van der Waals surface area contributed by atoms with E-state index >= 15 is 0 Å². The predicted molar refractivity (Wildman–Crippen MR) is 117 cm³/mol. The number of hydrogen-bond donors (Lipinski definition) is 2. The molecule has 0 spiro atoms. The summed E-state index contributed by atoms with van der Waals surface area (Å²) in [6.07, 6.45) is 1.89. The molecule has 0 saturated carbocycles. The molecule has 2 atom stereocenters. The molecule has 0 saturated heterocycles. The van der Waals surface area contributed by atoms with Crippen molar-refractivity contribution in [3.05, 3.63) is 65.2 Å². The van der Waals surface area contributed by atoms with Gasteiger partial charge in [0, 0.05) is 12.0 Å². The van der Waals surface area contributed by atoms with Gasteiger partial charge in [-0.1, -0.05) is 50.2 Å². The number of benzene rings is 2. The van der Waals surface area contributed by atoms with Gasteiger partial charge in [-0.25, -0.2) is 0 Å². The minimum absolute atomic E-state index is 0.199. The quantitative estimate of drug-likeness (QED) is 0.575. The highest BCUT2D eigenvalue weighted by molar-refractivity contribution is 5.75. The maximum absolute atomic E-state index is 11.1. The van der Waals surface area contributed by atoms with E-state index in [1.54, 1.807) is 6.92 Å². The van der Waals surface area contributed by atoms with Gasteiger partial charge >= 0.3 is 0 Å². The number of ether oxygens (including phenoxy) is 1. The molecule has 0 amide bonds. The summed E-state index contributed by atoms with van der Waals surface area (Å²) in [6.45, 7) is 9.09. The van der Waals surface area contributed by atoms with Crippen LogP contribution in [0.4, 0.5) is 0 Å². The molecule has 0 fully saturated rings. The number of carbonyl (C=O) groups is 1. The normalized spacial score (nSPS) is 13.3. The minimum atomic E-state index is -0.532. The molecule has 0 radical (unpaired) electrons. The lowest BCUT2D eigenvalue weighted by Gasteiger charge is -2.16. The highest BCUT2D eigenvalue weighted by Gasteiger charge is 2.13. The molecule has 0 bridgehead atoms. The number of aliphatic hydroxyl groups excluding tert-OH is 1. The molecular formula is C25H36NO3+. The first-order valence-corrected chi connectivity index (χ1v) is 10.6. The highest BCUT2D eigenvalue weighted by atomic mass is 16.5. The molecule has 0 unspecified atom stereocenters. The molecule has 0 aliphatic rings. The van der Waals surface area contributed by atoms with Gasteiger partial charge in [-0.15, -0.1) is 0 Å². The van der Waals surface area contributed by atoms with Crippen molar-refractivity contribution < 1.29 is 20.0 Å². The SMILES string of the molecule is CC(=O)CCc1ccc(OC[C@H](O)C[NH2+][C@@H](C)c2ccc(CC(C)C)cc2)cc1. The van der Waals surface area contributed by atoms with Gasteiger partial charge in [0.2, 0.25) is 0 Å². The lowest BCUT2D eigenvalue weighted by atomic mass is 10.00. The van der Waals surface area contributed by atoms with E-state index < -0.39 is 6.10 Å². The number of aryl methyl sites for hydroxylation is 1. The number of carbonyl (C=O) groups excluding carboxylic acids is 1. The molecular weight excluding hydrogens is 362 g/mol. The topological polar surface area (TPSA) is 63.1 Å². The molecule has 2 aromatic carbocycles. The predicted octanol–water partition coefficient (Wildman–Crippen LogP) is 3.47. The van der Waals surface area contributed by atoms with Crippen LogP contribution in [0.15, 0.2) is 48.5 Å². The molecule has 3 N–H and O–H groups in total. The Morgan fingerprint density at radius 2 is 1.62 bits per heavy atom. The number of nitrogens with two attached hydrogens (primary N) is 1.